The molecule has 0 saturated carbocycles. The summed E-state index contributed by atoms with van der Waals surface area (Å²) in [4.78, 5) is 3.11. The van der Waals surface area contributed by atoms with Crippen LogP contribution in [0.1, 0.15) is 27.6 Å². The zero-order chi connectivity index (χ0) is 25.4. The van der Waals surface area contributed by atoms with Gasteiger partial charge in [-0.1, -0.05) is 22.0 Å². The Bertz CT molecular complexity index is 1360. The molecule has 1 unspecified atom stereocenters. The standard InChI is InChI=1S/C24H24BrN2O7PS/c1-30-19-10-16-14(7-18(19)28)9-23(26-35(29,31-2)32-3)27(24(16)22-5-4-6-36-22)12-15-8-20-21(11-17(15)25)34-13-33-20/h4-8,10-11,24,28H,9,12-13H2,1-3H3/b26-23-. The molecule has 2 aliphatic heterocycles. The zero-order valence-electron chi connectivity index (χ0n) is 19.8. The van der Waals surface area contributed by atoms with Gasteiger partial charge in [0.2, 0.25) is 6.79 Å². The van der Waals surface area contributed by atoms with Gasteiger partial charge in [-0.25, -0.2) is 4.57 Å². The summed E-state index contributed by atoms with van der Waals surface area (Å²) in [5.41, 5.74) is 2.71. The zero-order valence-corrected chi connectivity index (χ0v) is 23.1. The van der Waals surface area contributed by atoms with Gasteiger partial charge >= 0.3 is 7.75 Å². The third-order valence-corrected chi connectivity index (χ3v) is 9.18. The van der Waals surface area contributed by atoms with E-state index in [1.54, 1.807) is 17.4 Å². The molecule has 1 aromatic heterocycles. The minimum Gasteiger partial charge on any atom is -0.504 e. The molecule has 0 spiro atoms. The molecular weight excluding hydrogens is 571 g/mol. The van der Waals surface area contributed by atoms with Gasteiger partial charge in [0.25, 0.3) is 0 Å². The molecule has 0 bridgehead atoms. The SMILES string of the molecule is COc1cc2c(cc1O)C/C(=N/P(=O)(OC)OC)N(Cc1cc3c(cc1Br)OCO3)C2c1cccs1. The Kier molecular flexibility index (Phi) is 7.02. The van der Waals surface area contributed by atoms with Gasteiger partial charge in [-0.05, 0) is 52.4 Å². The number of phenols is 1. The second-order valence-corrected chi connectivity index (χ2v) is 11.8. The molecule has 3 aromatic rings. The molecule has 190 valence electrons. The number of benzene rings is 2. The summed E-state index contributed by atoms with van der Waals surface area (Å²) in [5.74, 6) is 2.22. The van der Waals surface area contributed by atoms with Gasteiger partial charge in [-0.2, -0.15) is 4.76 Å². The van der Waals surface area contributed by atoms with Gasteiger partial charge in [-0.15, -0.1) is 11.3 Å². The summed E-state index contributed by atoms with van der Waals surface area (Å²) in [6.07, 6.45) is 0.299. The first-order chi connectivity index (χ1) is 17.4. The number of phenolic OH excluding ortho intramolecular Hbond substituents is 1. The maximum absolute atomic E-state index is 13.1. The quantitative estimate of drug-likeness (QED) is 0.337. The van der Waals surface area contributed by atoms with Crippen LogP contribution in [0.15, 0.2) is 51.0 Å². The van der Waals surface area contributed by atoms with Gasteiger partial charge in [0.15, 0.2) is 23.0 Å². The molecule has 0 amide bonds. The monoisotopic (exact) mass is 594 g/mol. The van der Waals surface area contributed by atoms with E-state index < -0.39 is 7.75 Å². The highest BCUT2D eigenvalue weighted by Gasteiger charge is 2.37. The number of nitrogens with zero attached hydrogens (tertiary/aromatic N) is 2. The van der Waals surface area contributed by atoms with E-state index in [2.05, 4.69) is 25.6 Å². The maximum Gasteiger partial charge on any atom is 0.454 e. The Balaban J connectivity index is 1.70. The fourth-order valence-electron chi connectivity index (χ4n) is 4.38. The number of hydrogen-bond donors (Lipinski definition) is 1. The van der Waals surface area contributed by atoms with Gasteiger partial charge in [0, 0.05) is 36.5 Å². The number of rotatable bonds is 7. The number of amidine groups is 1. The number of methoxy groups -OCH3 is 1. The Morgan fingerprint density at radius 2 is 1.94 bits per heavy atom. The van der Waals surface area contributed by atoms with Crippen LogP contribution in [0.2, 0.25) is 0 Å². The molecule has 1 N–H and O–H groups in total. The van der Waals surface area contributed by atoms with Crippen LogP contribution in [-0.4, -0.2) is 44.0 Å². The predicted octanol–water partition coefficient (Wildman–Crippen LogP) is 5.90. The molecular formula is C24H24BrN2O7PS. The first-order valence-electron chi connectivity index (χ1n) is 10.9. The average molecular weight is 595 g/mol. The van der Waals surface area contributed by atoms with Crippen LogP contribution >= 0.6 is 35.0 Å². The molecule has 1 atom stereocenters. The van der Waals surface area contributed by atoms with Crippen molar-refractivity contribution in [1.29, 1.82) is 0 Å². The maximum atomic E-state index is 13.1. The van der Waals surface area contributed by atoms with Crippen molar-refractivity contribution in [3.8, 4) is 23.0 Å². The van der Waals surface area contributed by atoms with Crippen LogP contribution in [0.25, 0.3) is 0 Å². The third kappa shape index (κ3) is 4.62. The average Bonchev–Trinajstić information content (AvgIpc) is 3.56. The highest BCUT2D eigenvalue weighted by Crippen LogP contribution is 2.51. The molecule has 2 aromatic carbocycles. The van der Waals surface area contributed by atoms with Crippen LogP contribution in [0, 0.1) is 0 Å². The van der Waals surface area contributed by atoms with E-state index in [-0.39, 0.29) is 18.6 Å². The highest BCUT2D eigenvalue weighted by molar-refractivity contribution is 9.10. The topological polar surface area (TPSA) is 99.1 Å². The molecule has 0 saturated heterocycles. The normalized spacial score (nSPS) is 17.9. The van der Waals surface area contributed by atoms with Crippen LogP contribution in [0.3, 0.4) is 0 Å². The number of fused-ring (bicyclic) bond motifs is 2. The Morgan fingerprint density at radius 1 is 1.19 bits per heavy atom. The van der Waals surface area contributed by atoms with Crippen molar-refractivity contribution in [2.45, 2.75) is 19.0 Å². The van der Waals surface area contributed by atoms with E-state index in [4.69, 9.17) is 23.3 Å². The van der Waals surface area contributed by atoms with Crippen molar-refractivity contribution in [1.82, 2.24) is 4.90 Å². The van der Waals surface area contributed by atoms with Crippen molar-refractivity contribution in [2.24, 2.45) is 4.76 Å². The second kappa shape index (κ2) is 10.1. The van der Waals surface area contributed by atoms with Gasteiger partial charge < -0.3 is 24.2 Å². The van der Waals surface area contributed by atoms with Crippen molar-refractivity contribution < 1.29 is 32.9 Å². The molecule has 36 heavy (non-hydrogen) atoms. The molecule has 2 aliphatic rings. The largest absolute Gasteiger partial charge is 0.504 e. The molecule has 0 fully saturated rings. The van der Waals surface area contributed by atoms with E-state index in [0.29, 0.717) is 36.0 Å². The lowest BCUT2D eigenvalue weighted by Gasteiger charge is -2.40. The second-order valence-electron chi connectivity index (χ2n) is 8.09. The van der Waals surface area contributed by atoms with Crippen LogP contribution < -0.4 is 14.2 Å². The summed E-state index contributed by atoms with van der Waals surface area (Å²) in [6.45, 7) is 0.565. The Morgan fingerprint density at radius 3 is 2.61 bits per heavy atom. The van der Waals surface area contributed by atoms with Gasteiger partial charge in [-0.3, -0.25) is 9.05 Å². The minimum atomic E-state index is -3.75. The van der Waals surface area contributed by atoms with Gasteiger partial charge in [0.1, 0.15) is 5.84 Å². The van der Waals surface area contributed by atoms with Crippen LogP contribution in [-0.2, 0) is 26.6 Å². The molecule has 0 radical (unpaired) electrons. The summed E-state index contributed by atoms with van der Waals surface area (Å²) >= 11 is 5.25. The first kappa shape index (κ1) is 25.1. The minimum absolute atomic E-state index is 0.0224. The van der Waals surface area contributed by atoms with Crippen LogP contribution in [0.5, 0.6) is 23.0 Å². The molecule has 0 aliphatic carbocycles. The lowest BCUT2D eigenvalue weighted by molar-refractivity contribution is 0.174. The van der Waals surface area contributed by atoms with E-state index in [0.717, 1.165) is 26.0 Å². The number of thiophene rings is 1. The summed E-state index contributed by atoms with van der Waals surface area (Å²) in [7, 11) is 0.373. The van der Waals surface area contributed by atoms with Crippen LogP contribution in [0.4, 0.5) is 0 Å². The van der Waals surface area contributed by atoms with Crippen molar-refractivity contribution in [3.05, 3.63) is 67.8 Å². The van der Waals surface area contributed by atoms with Crippen molar-refractivity contribution in [3.63, 3.8) is 0 Å². The number of hydrogen-bond acceptors (Lipinski definition) is 8. The van der Waals surface area contributed by atoms with Crippen molar-refractivity contribution in [2.75, 3.05) is 28.1 Å². The molecule has 5 rings (SSSR count). The number of ether oxygens (including phenoxy) is 3. The Labute approximate surface area is 220 Å². The molecule has 12 heteroatoms. The van der Waals surface area contributed by atoms with E-state index in [1.807, 2.05) is 35.7 Å². The summed E-state index contributed by atoms with van der Waals surface area (Å²) < 4.78 is 45.3. The summed E-state index contributed by atoms with van der Waals surface area (Å²) in [6, 6.07) is 11.0. The Hall–Kier alpha value is -2.56. The fraction of sp³-hybridized carbons (Fsp3) is 0.292. The first-order valence-corrected chi connectivity index (χ1v) is 14.1. The van der Waals surface area contributed by atoms with E-state index in [9.17, 15) is 9.67 Å². The van der Waals surface area contributed by atoms with Gasteiger partial charge in [0.05, 0.1) is 13.2 Å². The fourth-order valence-corrected chi connectivity index (χ4v) is 6.46. The summed E-state index contributed by atoms with van der Waals surface area (Å²) in [5, 5.41) is 12.5. The lowest BCUT2D eigenvalue weighted by Crippen LogP contribution is -2.40. The number of aromatic hydroxyl groups is 1. The van der Waals surface area contributed by atoms with E-state index >= 15 is 0 Å². The molecule has 3 heterocycles. The third-order valence-electron chi connectivity index (χ3n) is 6.12. The molecule has 9 nitrogen and oxygen atoms in total. The predicted molar refractivity (Wildman–Crippen MR) is 139 cm³/mol. The van der Waals surface area contributed by atoms with E-state index in [1.165, 1.54) is 21.3 Å². The van der Waals surface area contributed by atoms with Crippen molar-refractivity contribution >= 4 is 40.8 Å². The lowest BCUT2D eigenvalue weighted by atomic mass is 9.89. The number of halogens is 1. The highest BCUT2D eigenvalue weighted by atomic mass is 79.9. The smallest absolute Gasteiger partial charge is 0.454 e.